The first-order valence-corrected chi connectivity index (χ1v) is 7.78. The summed E-state index contributed by atoms with van der Waals surface area (Å²) < 4.78 is 5.27. The molecule has 0 aromatic heterocycles. The Hall–Kier alpha value is -1.06. The molecule has 0 saturated heterocycles. The summed E-state index contributed by atoms with van der Waals surface area (Å²) in [5, 5.41) is 2.79. The largest absolute Gasteiger partial charge is 0.444 e. The smallest absolute Gasteiger partial charge is 0.408 e. The lowest BCUT2D eigenvalue weighted by atomic mass is 9.88. The third-order valence-electron chi connectivity index (χ3n) is 3.95. The van der Waals surface area contributed by atoms with Crippen molar-refractivity contribution in [2.45, 2.75) is 78.4 Å². The fourth-order valence-corrected chi connectivity index (χ4v) is 2.63. The van der Waals surface area contributed by atoms with E-state index in [1.54, 1.807) is 0 Å². The molecule has 20 heavy (non-hydrogen) atoms. The lowest BCUT2D eigenvalue weighted by Gasteiger charge is -2.27. The molecule has 0 bridgehead atoms. The fourth-order valence-electron chi connectivity index (χ4n) is 2.63. The second kappa shape index (κ2) is 7.09. The first kappa shape index (κ1) is 17.0. The predicted octanol–water partition coefficient (Wildman–Crippen LogP) is 3.69. The van der Waals surface area contributed by atoms with Crippen molar-refractivity contribution in [2.24, 2.45) is 11.8 Å². The Kier molecular flexibility index (Phi) is 6.03. The Morgan fingerprint density at radius 1 is 1.25 bits per heavy atom. The highest BCUT2D eigenvalue weighted by molar-refractivity contribution is 5.89. The minimum Gasteiger partial charge on any atom is -0.444 e. The van der Waals surface area contributed by atoms with Crippen molar-refractivity contribution in [2.75, 3.05) is 0 Å². The highest BCUT2D eigenvalue weighted by Gasteiger charge is 2.33. The molecular formula is C16H29NO3. The fraction of sp³-hybridized carbons (Fsp3) is 0.875. The van der Waals surface area contributed by atoms with Gasteiger partial charge in [-0.3, -0.25) is 4.79 Å². The van der Waals surface area contributed by atoms with E-state index < -0.39 is 17.7 Å². The minimum atomic E-state index is -0.541. The van der Waals surface area contributed by atoms with Gasteiger partial charge in [-0.15, -0.1) is 0 Å². The molecule has 0 spiro atoms. The average Bonchev–Trinajstić information content (AvgIpc) is 2.85. The third-order valence-corrected chi connectivity index (χ3v) is 3.95. The number of amides is 1. The Balaban J connectivity index is 2.69. The Morgan fingerprint density at radius 3 is 2.25 bits per heavy atom. The number of rotatable bonds is 5. The van der Waals surface area contributed by atoms with Crippen LogP contribution < -0.4 is 5.32 Å². The molecule has 1 rings (SSSR count). The van der Waals surface area contributed by atoms with Gasteiger partial charge in [0.25, 0.3) is 0 Å². The standard InChI is InChI=1S/C16H29NO3/c1-6-11(2)13(14(18)12-9-7-8-10-12)17-15(19)20-16(3,4)5/h11-13H,6-10H2,1-5H3,(H,17,19). The summed E-state index contributed by atoms with van der Waals surface area (Å²) in [6.45, 7) is 9.52. The van der Waals surface area contributed by atoms with Gasteiger partial charge < -0.3 is 10.1 Å². The molecule has 2 unspecified atom stereocenters. The van der Waals surface area contributed by atoms with E-state index >= 15 is 0 Å². The van der Waals surface area contributed by atoms with Gasteiger partial charge in [0.1, 0.15) is 5.60 Å². The zero-order valence-corrected chi connectivity index (χ0v) is 13.5. The van der Waals surface area contributed by atoms with Gasteiger partial charge >= 0.3 is 6.09 Å². The van der Waals surface area contributed by atoms with Crippen LogP contribution in [0.5, 0.6) is 0 Å². The first-order valence-electron chi connectivity index (χ1n) is 7.78. The van der Waals surface area contributed by atoms with Crippen LogP contribution in [-0.4, -0.2) is 23.5 Å². The van der Waals surface area contributed by atoms with Gasteiger partial charge in [0.05, 0.1) is 6.04 Å². The number of ketones is 1. The van der Waals surface area contributed by atoms with Gasteiger partial charge in [-0.05, 0) is 39.5 Å². The highest BCUT2D eigenvalue weighted by Crippen LogP contribution is 2.28. The van der Waals surface area contributed by atoms with Gasteiger partial charge in [0, 0.05) is 5.92 Å². The SMILES string of the molecule is CCC(C)C(NC(=O)OC(C)(C)C)C(=O)C1CCCC1. The van der Waals surface area contributed by atoms with Gasteiger partial charge in [-0.25, -0.2) is 4.79 Å². The van der Waals surface area contributed by atoms with Gasteiger partial charge in [0.15, 0.2) is 5.78 Å². The normalized spacial score (nSPS) is 19.4. The van der Waals surface area contributed by atoms with Gasteiger partial charge in [-0.2, -0.15) is 0 Å². The summed E-state index contributed by atoms with van der Waals surface area (Å²) >= 11 is 0. The van der Waals surface area contributed by atoms with E-state index in [1.165, 1.54) is 0 Å². The molecule has 116 valence electrons. The molecule has 0 heterocycles. The molecule has 1 aliphatic carbocycles. The molecule has 4 nitrogen and oxygen atoms in total. The molecule has 0 aromatic rings. The summed E-state index contributed by atoms with van der Waals surface area (Å²) in [5.41, 5.74) is -0.541. The maximum Gasteiger partial charge on any atom is 0.408 e. The van der Waals surface area contributed by atoms with Gasteiger partial charge in [-0.1, -0.05) is 33.1 Å². The van der Waals surface area contributed by atoms with Crippen molar-refractivity contribution in [3.05, 3.63) is 0 Å². The van der Waals surface area contributed by atoms with Crippen molar-refractivity contribution >= 4 is 11.9 Å². The molecule has 1 amide bonds. The average molecular weight is 283 g/mol. The van der Waals surface area contributed by atoms with Crippen LogP contribution in [0.2, 0.25) is 0 Å². The van der Waals surface area contributed by atoms with Crippen molar-refractivity contribution in [1.29, 1.82) is 0 Å². The summed E-state index contributed by atoms with van der Waals surface area (Å²) in [7, 11) is 0. The molecule has 1 N–H and O–H groups in total. The van der Waals surface area contributed by atoms with E-state index in [0.717, 1.165) is 32.1 Å². The Labute approximate surface area is 122 Å². The van der Waals surface area contributed by atoms with E-state index in [2.05, 4.69) is 5.32 Å². The second-order valence-corrected chi connectivity index (χ2v) is 6.89. The number of hydrogen-bond acceptors (Lipinski definition) is 3. The van der Waals surface area contributed by atoms with E-state index in [0.29, 0.717) is 0 Å². The lowest BCUT2D eigenvalue weighted by molar-refractivity contribution is -0.126. The van der Waals surface area contributed by atoms with Crippen LogP contribution >= 0.6 is 0 Å². The highest BCUT2D eigenvalue weighted by atomic mass is 16.6. The monoisotopic (exact) mass is 283 g/mol. The molecule has 1 saturated carbocycles. The minimum absolute atomic E-state index is 0.115. The van der Waals surface area contributed by atoms with E-state index in [4.69, 9.17) is 4.74 Å². The number of carbonyl (C=O) groups excluding carboxylic acids is 2. The zero-order chi connectivity index (χ0) is 15.3. The number of Topliss-reactive ketones (excluding diaryl/α,β-unsaturated/α-hetero) is 1. The van der Waals surface area contributed by atoms with Crippen LogP contribution in [0.4, 0.5) is 4.79 Å². The summed E-state index contributed by atoms with van der Waals surface area (Å²) in [6.07, 6.45) is 4.53. The quantitative estimate of drug-likeness (QED) is 0.837. The van der Waals surface area contributed by atoms with Crippen molar-refractivity contribution in [3.8, 4) is 0 Å². The first-order chi connectivity index (χ1) is 9.24. The molecule has 0 aliphatic heterocycles. The van der Waals surface area contributed by atoms with Crippen molar-refractivity contribution in [1.82, 2.24) is 5.32 Å². The summed E-state index contributed by atoms with van der Waals surface area (Å²) in [6, 6.07) is -0.419. The van der Waals surface area contributed by atoms with Crippen LogP contribution in [0, 0.1) is 11.8 Å². The molecule has 0 radical (unpaired) electrons. The van der Waals surface area contributed by atoms with Crippen LogP contribution in [0.25, 0.3) is 0 Å². The predicted molar refractivity (Wildman–Crippen MR) is 79.6 cm³/mol. The molecule has 0 aromatic carbocycles. The maximum absolute atomic E-state index is 12.6. The third kappa shape index (κ3) is 5.14. The van der Waals surface area contributed by atoms with Crippen molar-refractivity contribution < 1.29 is 14.3 Å². The maximum atomic E-state index is 12.6. The zero-order valence-electron chi connectivity index (χ0n) is 13.5. The number of nitrogens with one attached hydrogen (secondary N) is 1. The molecule has 1 fully saturated rings. The van der Waals surface area contributed by atoms with E-state index in [-0.39, 0.29) is 17.6 Å². The van der Waals surface area contributed by atoms with Crippen LogP contribution in [-0.2, 0) is 9.53 Å². The number of alkyl carbamates (subject to hydrolysis) is 1. The van der Waals surface area contributed by atoms with Crippen LogP contribution in [0.3, 0.4) is 0 Å². The molecule has 2 atom stereocenters. The summed E-state index contributed by atoms with van der Waals surface area (Å²) in [5.74, 6) is 0.433. The van der Waals surface area contributed by atoms with Crippen LogP contribution in [0.15, 0.2) is 0 Å². The van der Waals surface area contributed by atoms with E-state index in [9.17, 15) is 9.59 Å². The van der Waals surface area contributed by atoms with E-state index in [1.807, 2.05) is 34.6 Å². The Bertz CT molecular complexity index is 340. The number of hydrogen-bond donors (Lipinski definition) is 1. The molecular weight excluding hydrogens is 254 g/mol. The second-order valence-electron chi connectivity index (χ2n) is 6.89. The molecule has 1 aliphatic rings. The van der Waals surface area contributed by atoms with Crippen LogP contribution in [0.1, 0.15) is 66.7 Å². The van der Waals surface area contributed by atoms with Gasteiger partial charge in [0.2, 0.25) is 0 Å². The van der Waals surface area contributed by atoms with Crippen molar-refractivity contribution in [3.63, 3.8) is 0 Å². The lowest BCUT2D eigenvalue weighted by Crippen LogP contribution is -2.48. The number of carbonyl (C=O) groups is 2. The summed E-state index contributed by atoms with van der Waals surface area (Å²) in [4.78, 5) is 24.5. The Morgan fingerprint density at radius 2 is 1.80 bits per heavy atom. The topological polar surface area (TPSA) is 55.4 Å². The number of ether oxygens (including phenoxy) is 1. The molecule has 4 heteroatoms.